The Balaban J connectivity index is 2.75. The summed E-state index contributed by atoms with van der Waals surface area (Å²) >= 11 is 3.34. The summed E-state index contributed by atoms with van der Waals surface area (Å²) in [6, 6.07) is 5.81. The molecule has 0 bridgehead atoms. The van der Waals surface area contributed by atoms with Gasteiger partial charge in [0, 0.05) is 10.2 Å². The molecule has 0 aliphatic rings. The molecular formula is C18H29BrN2O4Si. The number of anilines is 1. The number of benzene rings is 1. The highest BCUT2D eigenvalue weighted by molar-refractivity contribution is 9.10. The molecule has 26 heavy (non-hydrogen) atoms. The maximum atomic E-state index is 12.3. The molecule has 0 aliphatic carbocycles. The monoisotopic (exact) mass is 444 g/mol. The highest BCUT2D eigenvalue weighted by Crippen LogP contribution is 2.36. The molecule has 2 amide bonds. The first kappa shape index (κ1) is 22.7. The molecule has 0 saturated carbocycles. The first-order chi connectivity index (χ1) is 12.0. The van der Waals surface area contributed by atoms with Gasteiger partial charge < -0.3 is 19.8 Å². The molecule has 1 rings (SSSR count). The van der Waals surface area contributed by atoms with Crippen molar-refractivity contribution >= 4 is 41.9 Å². The van der Waals surface area contributed by atoms with Crippen LogP contribution in [0.4, 0.5) is 10.5 Å². The molecule has 0 radical (unpaired) electrons. The lowest BCUT2D eigenvalue weighted by Crippen LogP contribution is -2.50. The summed E-state index contributed by atoms with van der Waals surface area (Å²) in [5.74, 6) is -0.503. The molecule has 1 aromatic rings. The Labute approximate surface area is 165 Å². The highest BCUT2D eigenvalue weighted by Gasteiger charge is 2.38. The Morgan fingerprint density at radius 3 is 2.27 bits per heavy atom. The number of hydrogen-bond donors (Lipinski definition) is 2. The maximum absolute atomic E-state index is 12.3. The van der Waals surface area contributed by atoms with E-state index in [0.29, 0.717) is 5.69 Å². The summed E-state index contributed by atoms with van der Waals surface area (Å²) < 4.78 is 12.1. The van der Waals surface area contributed by atoms with Gasteiger partial charge in [0.25, 0.3) is 0 Å². The van der Waals surface area contributed by atoms with Gasteiger partial charge in [0.15, 0.2) is 14.4 Å². The van der Waals surface area contributed by atoms with Gasteiger partial charge in [-0.15, -0.1) is 0 Å². The van der Waals surface area contributed by atoms with Crippen molar-refractivity contribution in [2.45, 2.75) is 51.9 Å². The van der Waals surface area contributed by atoms with Gasteiger partial charge in [-0.1, -0.05) is 36.7 Å². The van der Waals surface area contributed by atoms with Crippen LogP contribution in [-0.2, 0) is 14.0 Å². The van der Waals surface area contributed by atoms with Gasteiger partial charge in [-0.2, -0.15) is 0 Å². The maximum Gasteiger partial charge on any atom is 0.331 e. The fraction of sp³-hybridized carbons (Fsp3) is 0.556. The first-order valence-electron chi connectivity index (χ1n) is 8.60. The Morgan fingerprint density at radius 2 is 1.77 bits per heavy atom. The third-order valence-electron chi connectivity index (χ3n) is 4.40. The molecule has 0 spiro atoms. The minimum atomic E-state index is -2.05. The van der Waals surface area contributed by atoms with E-state index in [2.05, 4.69) is 60.4 Å². The van der Waals surface area contributed by atoms with Gasteiger partial charge in [0.05, 0.1) is 13.2 Å². The van der Waals surface area contributed by atoms with Gasteiger partial charge in [0.2, 0.25) is 0 Å². The van der Waals surface area contributed by atoms with Crippen molar-refractivity contribution in [1.29, 1.82) is 0 Å². The SMILES string of the molecule is CCOC(=O)[C@H](CO[Si](C)(C)C(C)(C)C)NC(=O)Nc1ccc(Br)cc1. The molecule has 1 atom stereocenters. The molecule has 0 saturated heterocycles. The zero-order chi connectivity index (χ0) is 20.0. The van der Waals surface area contributed by atoms with Crippen LogP contribution in [0, 0.1) is 0 Å². The zero-order valence-corrected chi connectivity index (χ0v) is 18.9. The summed E-state index contributed by atoms with van der Waals surface area (Å²) in [4.78, 5) is 24.5. The number of halogens is 1. The Kier molecular flexibility index (Phi) is 8.30. The lowest BCUT2D eigenvalue weighted by Gasteiger charge is -2.37. The second-order valence-electron chi connectivity index (χ2n) is 7.48. The second-order valence-corrected chi connectivity index (χ2v) is 13.2. The van der Waals surface area contributed by atoms with Gasteiger partial charge in [-0.05, 0) is 49.3 Å². The smallest absolute Gasteiger partial charge is 0.331 e. The van der Waals surface area contributed by atoms with Crippen LogP contribution in [0.1, 0.15) is 27.7 Å². The second kappa shape index (κ2) is 9.52. The lowest BCUT2D eigenvalue weighted by molar-refractivity contribution is -0.146. The van der Waals surface area contributed by atoms with Crippen LogP contribution in [0.5, 0.6) is 0 Å². The molecule has 0 heterocycles. The predicted octanol–water partition coefficient (Wildman–Crippen LogP) is 4.52. The number of esters is 1. The topological polar surface area (TPSA) is 76.7 Å². The van der Waals surface area contributed by atoms with E-state index in [1.54, 1.807) is 19.1 Å². The van der Waals surface area contributed by atoms with Crippen LogP contribution in [-0.4, -0.2) is 39.6 Å². The number of amides is 2. The number of urea groups is 1. The van der Waals surface area contributed by atoms with Gasteiger partial charge >= 0.3 is 12.0 Å². The fourth-order valence-electron chi connectivity index (χ4n) is 1.78. The van der Waals surface area contributed by atoms with Crippen molar-refractivity contribution in [2.75, 3.05) is 18.5 Å². The summed E-state index contributed by atoms with van der Waals surface area (Å²) in [6.45, 7) is 12.6. The van der Waals surface area contributed by atoms with Crippen LogP contribution >= 0.6 is 15.9 Å². The van der Waals surface area contributed by atoms with E-state index in [1.165, 1.54) is 0 Å². The molecular weight excluding hydrogens is 416 g/mol. The molecule has 0 aromatic heterocycles. The number of carbonyl (C=O) groups is 2. The number of rotatable bonds is 7. The predicted molar refractivity (Wildman–Crippen MR) is 110 cm³/mol. The molecule has 0 unspecified atom stereocenters. The van der Waals surface area contributed by atoms with Gasteiger partial charge in [0.1, 0.15) is 0 Å². The summed E-state index contributed by atoms with van der Waals surface area (Å²) in [5.41, 5.74) is 0.624. The van der Waals surface area contributed by atoms with E-state index in [1.807, 2.05) is 12.1 Å². The quantitative estimate of drug-likeness (QED) is 0.478. The van der Waals surface area contributed by atoms with E-state index in [4.69, 9.17) is 9.16 Å². The Hall–Kier alpha value is -1.38. The van der Waals surface area contributed by atoms with E-state index in [0.717, 1.165) is 4.47 Å². The van der Waals surface area contributed by atoms with E-state index in [9.17, 15) is 9.59 Å². The molecule has 1 aromatic carbocycles. The molecule has 0 fully saturated rings. The summed E-state index contributed by atoms with van der Waals surface area (Å²) in [7, 11) is -2.05. The van der Waals surface area contributed by atoms with Crippen LogP contribution in [0.2, 0.25) is 18.1 Å². The van der Waals surface area contributed by atoms with Crippen molar-refractivity contribution < 1.29 is 18.8 Å². The van der Waals surface area contributed by atoms with Crippen LogP contribution in [0.25, 0.3) is 0 Å². The third-order valence-corrected chi connectivity index (χ3v) is 9.42. The molecule has 0 aliphatic heterocycles. The lowest BCUT2D eigenvalue weighted by atomic mass is 10.2. The van der Waals surface area contributed by atoms with Gasteiger partial charge in [-0.25, -0.2) is 9.59 Å². The van der Waals surface area contributed by atoms with Crippen LogP contribution in [0.15, 0.2) is 28.7 Å². The minimum absolute atomic E-state index is 0.00585. The van der Waals surface area contributed by atoms with Crippen LogP contribution in [0.3, 0.4) is 0 Å². The van der Waals surface area contributed by atoms with Crippen molar-refractivity contribution in [3.05, 3.63) is 28.7 Å². The first-order valence-corrected chi connectivity index (χ1v) is 12.3. The number of ether oxygens (including phenoxy) is 1. The molecule has 2 N–H and O–H groups in total. The van der Waals surface area contributed by atoms with Crippen molar-refractivity contribution in [3.63, 3.8) is 0 Å². The Morgan fingerprint density at radius 1 is 1.19 bits per heavy atom. The molecule has 146 valence electrons. The van der Waals surface area contributed by atoms with Crippen molar-refractivity contribution in [2.24, 2.45) is 0 Å². The van der Waals surface area contributed by atoms with Crippen molar-refractivity contribution in [1.82, 2.24) is 5.32 Å². The number of hydrogen-bond acceptors (Lipinski definition) is 4. The van der Waals surface area contributed by atoms with E-state index in [-0.39, 0.29) is 18.3 Å². The molecule has 8 heteroatoms. The van der Waals surface area contributed by atoms with Gasteiger partial charge in [-0.3, -0.25) is 0 Å². The zero-order valence-electron chi connectivity index (χ0n) is 16.3. The third kappa shape index (κ3) is 7.09. The van der Waals surface area contributed by atoms with E-state index >= 15 is 0 Å². The normalized spacial score (nSPS) is 13.0. The largest absolute Gasteiger partial charge is 0.464 e. The highest BCUT2D eigenvalue weighted by atomic mass is 79.9. The average Bonchev–Trinajstić information content (AvgIpc) is 2.52. The summed E-state index contributed by atoms with van der Waals surface area (Å²) in [5, 5.41) is 5.36. The van der Waals surface area contributed by atoms with Crippen LogP contribution < -0.4 is 10.6 Å². The molecule has 6 nitrogen and oxygen atoms in total. The number of nitrogens with one attached hydrogen (secondary N) is 2. The number of carbonyl (C=O) groups excluding carboxylic acids is 2. The minimum Gasteiger partial charge on any atom is -0.464 e. The fourth-order valence-corrected chi connectivity index (χ4v) is 3.06. The average molecular weight is 445 g/mol. The van der Waals surface area contributed by atoms with E-state index < -0.39 is 26.4 Å². The van der Waals surface area contributed by atoms with Crippen molar-refractivity contribution in [3.8, 4) is 0 Å². The summed E-state index contributed by atoms with van der Waals surface area (Å²) in [6.07, 6.45) is 0. The standard InChI is InChI=1S/C18H29BrN2O4Si/c1-7-24-16(22)15(12-25-26(5,6)18(2,3)4)21-17(23)20-14-10-8-13(19)9-11-14/h8-11,15H,7,12H2,1-6H3,(H2,20,21,23)/t15-/m0/s1. The Bertz CT molecular complexity index is 615.